The van der Waals surface area contributed by atoms with Crippen LogP contribution in [-0.2, 0) is 20.3 Å². The molecule has 0 aliphatic carbocycles. The smallest absolute Gasteiger partial charge is 0.188 e. The lowest BCUT2D eigenvalue weighted by Gasteiger charge is -2.32. The lowest BCUT2D eigenvalue weighted by Crippen LogP contribution is -2.26. The molecule has 0 aromatic heterocycles. The normalized spacial score (nSPS) is 12.3. The predicted molar refractivity (Wildman–Crippen MR) is 151 cm³/mol. The van der Waals surface area contributed by atoms with Gasteiger partial charge in [0.2, 0.25) is 0 Å². The fourth-order valence-corrected chi connectivity index (χ4v) is 7.20. The lowest BCUT2D eigenvalue weighted by atomic mass is 9.85. The highest BCUT2D eigenvalue weighted by Crippen LogP contribution is 2.46. The monoisotopic (exact) mass is 502 g/mol. The topological polar surface area (TPSA) is 36.9 Å². The van der Waals surface area contributed by atoms with Crippen molar-refractivity contribution in [1.82, 2.24) is 0 Å². The Balaban J connectivity index is 2.92. The molecular weight excluding hydrogens is 455 g/mol. The van der Waals surface area contributed by atoms with E-state index in [1.54, 1.807) is 14.2 Å². The maximum Gasteiger partial charge on any atom is 0.188 e. The number of rotatable bonds is 11. The van der Waals surface area contributed by atoms with Crippen molar-refractivity contribution in [3.63, 3.8) is 0 Å². The van der Waals surface area contributed by atoms with E-state index in [0.29, 0.717) is 0 Å². The minimum absolute atomic E-state index is 0.0613. The van der Waals surface area contributed by atoms with Crippen LogP contribution in [0.5, 0.6) is 11.5 Å². The number of ether oxygens (including phenoxy) is 4. The van der Waals surface area contributed by atoms with E-state index in [-0.39, 0.29) is 24.4 Å². The molecule has 35 heavy (non-hydrogen) atoms. The largest absolute Gasteiger partial charge is 0.467 e. The van der Waals surface area contributed by atoms with Crippen LogP contribution in [-0.4, -0.2) is 34.0 Å². The Morgan fingerprint density at radius 3 is 1.40 bits per heavy atom. The zero-order valence-electron chi connectivity index (χ0n) is 23.9. The molecule has 4 nitrogen and oxygen atoms in total. The number of hydrogen-bond donors (Lipinski definition) is 0. The first-order valence-electron chi connectivity index (χ1n) is 12.7. The standard InChI is InChI=1S/C30H47O4P/c1-12-13-14-35(25-17-21(2)15-23(29(4,5)6)27(25)33-19-31-10)26-18-22(3)16-24(30(7,8)9)28(26)34-20-32-11/h15-18H,12-14,19-20H2,1-11H3. The first kappa shape index (κ1) is 29.6. The highest BCUT2D eigenvalue weighted by Gasteiger charge is 2.31. The molecule has 2 rings (SSSR count). The first-order valence-corrected chi connectivity index (χ1v) is 14.2. The SMILES string of the molecule is CCCCP(c1cc(C)cc(C(C)(C)C)c1OCOC)c1cc(C)cc(C(C)(C)C)c1OCOC. The van der Waals surface area contributed by atoms with Gasteiger partial charge < -0.3 is 18.9 Å². The van der Waals surface area contributed by atoms with Crippen molar-refractivity contribution in [2.75, 3.05) is 34.0 Å². The van der Waals surface area contributed by atoms with Gasteiger partial charge >= 0.3 is 0 Å². The summed E-state index contributed by atoms with van der Waals surface area (Å²) in [4.78, 5) is 0. The highest BCUT2D eigenvalue weighted by molar-refractivity contribution is 7.73. The zero-order chi connectivity index (χ0) is 26.4. The van der Waals surface area contributed by atoms with Gasteiger partial charge in [-0.05, 0) is 68.4 Å². The first-order chi connectivity index (χ1) is 16.3. The molecule has 0 fully saturated rings. The fourth-order valence-electron chi connectivity index (χ4n) is 4.25. The van der Waals surface area contributed by atoms with Crippen molar-refractivity contribution >= 4 is 18.5 Å². The Labute approximate surface area is 215 Å². The van der Waals surface area contributed by atoms with Crippen LogP contribution in [0.4, 0.5) is 0 Å². The summed E-state index contributed by atoms with van der Waals surface area (Å²) in [7, 11) is 2.60. The molecule has 0 atom stereocenters. The molecule has 0 saturated heterocycles. The number of hydrogen-bond acceptors (Lipinski definition) is 4. The van der Waals surface area contributed by atoms with E-state index in [0.717, 1.165) is 30.5 Å². The van der Waals surface area contributed by atoms with Gasteiger partial charge in [-0.3, -0.25) is 0 Å². The second-order valence-electron chi connectivity index (χ2n) is 11.4. The molecule has 0 heterocycles. The van der Waals surface area contributed by atoms with Crippen molar-refractivity contribution in [2.24, 2.45) is 0 Å². The number of aryl methyl sites for hydroxylation is 2. The van der Waals surface area contributed by atoms with Gasteiger partial charge in [0.1, 0.15) is 11.5 Å². The Morgan fingerprint density at radius 2 is 1.09 bits per heavy atom. The van der Waals surface area contributed by atoms with E-state index in [9.17, 15) is 0 Å². The zero-order valence-corrected chi connectivity index (χ0v) is 24.8. The number of benzene rings is 2. The van der Waals surface area contributed by atoms with Gasteiger partial charge in [0.05, 0.1) is 0 Å². The summed E-state index contributed by atoms with van der Waals surface area (Å²) in [6, 6.07) is 9.17. The highest BCUT2D eigenvalue weighted by atomic mass is 31.1. The van der Waals surface area contributed by atoms with E-state index >= 15 is 0 Å². The third-order valence-electron chi connectivity index (χ3n) is 6.00. The van der Waals surface area contributed by atoms with Crippen LogP contribution in [0.2, 0.25) is 0 Å². The third kappa shape index (κ3) is 7.68. The van der Waals surface area contributed by atoms with E-state index in [2.05, 4.69) is 86.6 Å². The van der Waals surface area contributed by atoms with Crippen LogP contribution in [0.15, 0.2) is 24.3 Å². The Bertz CT molecular complexity index is 894. The maximum atomic E-state index is 6.36. The summed E-state index contributed by atoms with van der Waals surface area (Å²) in [5, 5.41) is 2.53. The van der Waals surface area contributed by atoms with Gasteiger partial charge in [-0.25, -0.2) is 0 Å². The molecule has 5 heteroatoms. The van der Waals surface area contributed by atoms with Crippen LogP contribution >= 0.6 is 7.92 Å². The average molecular weight is 503 g/mol. The van der Waals surface area contributed by atoms with Crippen LogP contribution < -0.4 is 20.1 Å². The molecule has 0 radical (unpaired) electrons. The van der Waals surface area contributed by atoms with E-state index in [4.69, 9.17) is 18.9 Å². The summed E-state index contributed by atoms with van der Waals surface area (Å²) < 4.78 is 23.5. The summed E-state index contributed by atoms with van der Waals surface area (Å²) in [5.41, 5.74) is 4.82. The van der Waals surface area contributed by atoms with E-state index in [1.165, 1.54) is 32.9 Å². The second-order valence-corrected chi connectivity index (χ2v) is 13.7. The van der Waals surface area contributed by atoms with Crippen molar-refractivity contribution in [1.29, 1.82) is 0 Å². The fraction of sp³-hybridized carbons (Fsp3) is 0.600. The molecule has 0 spiro atoms. The molecule has 2 aromatic rings. The van der Waals surface area contributed by atoms with Crippen molar-refractivity contribution in [3.8, 4) is 11.5 Å². The van der Waals surface area contributed by atoms with Crippen LogP contribution in [0.1, 0.15) is 83.6 Å². The molecule has 2 aromatic carbocycles. The molecule has 0 aliphatic rings. The van der Waals surface area contributed by atoms with Crippen molar-refractivity contribution in [2.45, 2.75) is 86.0 Å². The molecule has 0 amide bonds. The molecule has 0 N–H and O–H groups in total. The third-order valence-corrected chi connectivity index (χ3v) is 8.59. The molecular formula is C30H47O4P. The van der Waals surface area contributed by atoms with E-state index < -0.39 is 7.92 Å². The van der Waals surface area contributed by atoms with Gasteiger partial charge in [-0.1, -0.05) is 67.0 Å². The number of unbranched alkanes of at least 4 members (excludes halogenated alkanes) is 1. The maximum absolute atomic E-state index is 6.36. The van der Waals surface area contributed by atoms with Crippen molar-refractivity contribution in [3.05, 3.63) is 46.5 Å². The average Bonchev–Trinajstić information content (AvgIpc) is 2.76. The van der Waals surface area contributed by atoms with Crippen molar-refractivity contribution < 1.29 is 18.9 Å². The second kappa shape index (κ2) is 12.6. The van der Waals surface area contributed by atoms with Crippen LogP contribution in [0.3, 0.4) is 0 Å². The summed E-state index contributed by atoms with van der Waals surface area (Å²) >= 11 is 0. The molecule has 0 unspecified atom stereocenters. The lowest BCUT2D eigenvalue weighted by molar-refractivity contribution is 0.0506. The van der Waals surface area contributed by atoms with Gasteiger partial charge in [-0.2, -0.15) is 0 Å². The molecule has 0 saturated carbocycles. The van der Waals surface area contributed by atoms with Crippen LogP contribution in [0, 0.1) is 13.8 Å². The summed E-state index contributed by atoms with van der Waals surface area (Å²) in [6.45, 7) is 20.6. The number of methoxy groups -OCH3 is 2. The summed E-state index contributed by atoms with van der Waals surface area (Å²) in [5.74, 6) is 1.92. The van der Waals surface area contributed by atoms with Gasteiger partial charge in [-0.15, -0.1) is 0 Å². The quantitative estimate of drug-likeness (QED) is 0.243. The molecule has 196 valence electrons. The minimum Gasteiger partial charge on any atom is -0.467 e. The molecule has 0 aliphatic heterocycles. The van der Waals surface area contributed by atoms with E-state index in [1.807, 2.05) is 0 Å². The predicted octanol–water partition coefficient (Wildman–Crippen LogP) is 7.10. The minimum atomic E-state index is -0.752. The Kier molecular flexibility index (Phi) is 10.6. The van der Waals surface area contributed by atoms with Crippen LogP contribution in [0.25, 0.3) is 0 Å². The van der Waals surface area contributed by atoms with Gasteiger partial charge in [0, 0.05) is 36.0 Å². The summed E-state index contributed by atoms with van der Waals surface area (Å²) in [6.07, 6.45) is 3.34. The molecule has 0 bridgehead atoms. The Hall–Kier alpha value is -1.61. The Morgan fingerprint density at radius 1 is 0.686 bits per heavy atom. The van der Waals surface area contributed by atoms with Gasteiger partial charge in [0.25, 0.3) is 0 Å². The van der Waals surface area contributed by atoms with Gasteiger partial charge in [0.15, 0.2) is 13.6 Å².